The van der Waals surface area contributed by atoms with Gasteiger partial charge in [0, 0.05) is 16.1 Å². The Morgan fingerprint density at radius 3 is 2.84 bits per heavy atom. The molecule has 1 amide bonds. The highest BCUT2D eigenvalue weighted by Crippen LogP contribution is 2.20. The fourth-order valence-corrected chi connectivity index (χ4v) is 2.46. The summed E-state index contributed by atoms with van der Waals surface area (Å²) in [6, 6.07) is 16.9. The van der Waals surface area contributed by atoms with Crippen LogP contribution in [0.2, 0.25) is 0 Å². The first-order chi connectivity index (χ1) is 12.1. The molecule has 0 bridgehead atoms. The van der Waals surface area contributed by atoms with Crippen molar-refractivity contribution in [3.05, 3.63) is 70.8 Å². The molecule has 0 aliphatic rings. The first kappa shape index (κ1) is 17.1. The maximum atomic E-state index is 12.1. The van der Waals surface area contributed by atoms with Gasteiger partial charge in [-0.2, -0.15) is 5.10 Å². The number of nitrogens with one attached hydrogen (secondary N) is 1. The van der Waals surface area contributed by atoms with Crippen LogP contribution in [0.25, 0.3) is 10.9 Å². The molecule has 0 saturated heterocycles. The van der Waals surface area contributed by atoms with Crippen LogP contribution in [0, 0.1) is 0 Å². The fraction of sp³-hybridized carbons (Fsp3) is 0.105. The van der Waals surface area contributed by atoms with Crippen molar-refractivity contribution in [3.8, 4) is 5.75 Å². The summed E-state index contributed by atoms with van der Waals surface area (Å²) in [7, 11) is 0. The van der Waals surface area contributed by atoms with Gasteiger partial charge in [0.15, 0.2) is 6.10 Å². The molecule has 6 heteroatoms. The lowest BCUT2D eigenvalue weighted by molar-refractivity contribution is -0.127. The number of pyridine rings is 1. The van der Waals surface area contributed by atoms with E-state index in [1.165, 1.54) is 0 Å². The Kier molecular flexibility index (Phi) is 5.40. The number of carbonyl (C=O) groups is 1. The van der Waals surface area contributed by atoms with Crippen LogP contribution in [-0.2, 0) is 4.79 Å². The minimum Gasteiger partial charge on any atom is -0.481 e. The van der Waals surface area contributed by atoms with Crippen LogP contribution in [-0.4, -0.2) is 23.2 Å². The molecule has 0 aliphatic heterocycles. The van der Waals surface area contributed by atoms with E-state index < -0.39 is 6.10 Å². The van der Waals surface area contributed by atoms with Gasteiger partial charge in [-0.25, -0.2) is 5.43 Å². The number of nitrogens with zero attached hydrogens (tertiary/aromatic N) is 2. The molecule has 3 aromatic rings. The lowest BCUT2D eigenvalue weighted by Crippen LogP contribution is -2.33. The zero-order chi connectivity index (χ0) is 17.6. The van der Waals surface area contributed by atoms with E-state index in [4.69, 9.17) is 4.74 Å². The zero-order valence-electron chi connectivity index (χ0n) is 13.5. The summed E-state index contributed by atoms with van der Waals surface area (Å²) in [5, 5.41) is 4.91. The molecule has 1 aromatic heterocycles. The van der Waals surface area contributed by atoms with Crippen LogP contribution < -0.4 is 10.2 Å². The van der Waals surface area contributed by atoms with Crippen LogP contribution >= 0.6 is 15.9 Å². The SMILES string of the molecule is CC(Oc1ccc2ncccc2c1)C(=O)N/N=C/c1ccc(Br)cc1. The molecular formula is C19H16BrN3O2. The Morgan fingerprint density at radius 1 is 1.24 bits per heavy atom. The number of rotatable bonds is 5. The number of ether oxygens (including phenoxy) is 1. The summed E-state index contributed by atoms with van der Waals surface area (Å²) in [5.74, 6) is 0.291. The van der Waals surface area contributed by atoms with Crippen molar-refractivity contribution in [3.63, 3.8) is 0 Å². The van der Waals surface area contributed by atoms with Gasteiger partial charge in [0.25, 0.3) is 5.91 Å². The van der Waals surface area contributed by atoms with Crippen molar-refractivity contribution in [2.24, 2.45) is 5.10 Å². The third-order valence-electron chi connectivity index (χ3n) is 3.51. The number of benzene rings is 2. The highest BCUT2D eigenvalue weighted by atomic mass is 79.9. The topological polar surface area (TPSA) is 63.6 Å². The number of halogens is 1. The molecule has 1 N–H and O–H groups in total. The number of hydrogen-bond donors (Lipinski definition) is 1. The smallest absolute Gasteiger partial charge is 0.280 e. The molecule has 0 spiro atoms. The number of carbonyl (C=O) groups excluding carboxylic acids is 1. The van der Waals surface area contributed by atoms with E-state index in [2.05, 4.69) is 31.4 Å². The Hall–Kier alpha value is -2.73. The predicted molar refractivity (Wildman–Crippen MR) is 102 cm³/mol. The fourth-order valence-electron chi connectivity index (χ4n) is 2.19. The maximum Gasteiger partial charge on any atom is 0.280 e. The van der Waals surface area contributed by atoms with Crippen molar-refractivity contribution >= 4 is 39.0 Å². The quantitative estimate of drug-likeness (QED) is 0.524. The number of hydrazone groups is 1. The molecule has 126 valence electrons. The van der Waals surface area contributed by atoms with E-state index in [1.54, 1.807) is 25.4 Å². The van der Waals surface area contributed by atoms with Crippen LogP contribution in [0.1, 0.15) is 12.5 Å². The number of aromatic nitrogens is 1. The zero-order valence-corrected chi connectivity index (χ0v) is 15.1. The summed E-state index contributed by atoms with van der Waals surface area (Å²) >= 11 is 3.37. The maximum absolute atomic E-state index is 12.1. The van der Waals surface area contributed by atoms with Crippen LogP contribution in [0.3, 0.4) is 0 Å². The second-order valence-electron chi connectivity index (χ2n) is 5.40. The Labute approximate surface area is 153 Å². The van der Waals surface area contributed by atoms with Gasteiger partial charge in [-0.15, -0.1) is 0 Å². The monoisotopic (exact) mass is 397 g/mol. The summed E-state index contributed by atoms with van der Waals surface area (Å²) in [4.78, 5) is 16.3. The van der Waals surface area contributed by atoms with E-state index in [0.29, 0.717) is 5.75 Å². The molecular weight excluding hydrogens is 382 g/mol. The lowest BCUT2D eigenvalue weighted by Gasteiger charge is -2.13. The molecule has 0 aliphatic carbocycles. The molecule has 5 nitrogen and oxygen atoms in total. The van der Waals surface area contributed by atoms with Gasteiger partial charge in [-0.05, 0) is 48.9 Å². The third kappa shape index (κ3) is 4.64. The number of hydrogen-bond acceptors (Lipinski definition) is 4. The van der Waals surface area contributed by atoms with Crippen molar-refractivity contribution in [2.45, 2.75) is 13.0 Å². The van der Waals surface area contributed by atoms with E-state index in [1.807, 2.05) is 48.5 Å². The van der Waals surface area contributed by atoms with Crippen molar-refractivity contribution in [2.75, 3.05) is 0 Å². The second kappa shape index (κ2) is 7.90. The predicted octanol–water partition coefficient (Wildman–Crippen LogP) is 3.91. The van der Waals surface area contributed by atoms with Gasteiger partial charge in [0.1, 0.15) is 5.75 Å². The minimum atomic E-state index is -0.670. The highest BCUT2D eigenvalue weighted by molar-refractivity contribution is 9.10. The van der Waals surface area contributed by atoms with Gasteiger partial charge in [0.2, 0.25) is 0 Å². The first-order valence-corrected chi connectivity index (χ1v) is 8.51. The summed E-state index contributed by atoms with van der Waals surface area (Å²) in [6.45, 7) is 1.68. The van der Waals surface area contributed by atoms with E-state index in [0.717, 1.165) is 20.9 Å². The van der Waals surface area contributed by atoms with Gasteiger partial charge < -0.3 is 4.74 Å². The number of fused-ring (bicyclic) bond motifs is 1. The molecule has 0 radical (unpaired) electrons. The van der Waals surface area contributed by atoms with Crippen molar-refractivity contribution < 1.29 is 9.53 Å². The molecule has 25 heavy (non-hydrogen) atoms. The molecule has 3 rings (SSSR count). The molecule has 0 saturated carbocycles. The van der Waals surface area contributed by atoms with Crippen molar-refractivity contribution in [1.82, 2.24) is 10.4 Å². The van der Waals surface area contributed by atoms with Gasteiger partial charge in [-0.3, -0.25) is 9.78 Å². The summed E-state index contributed by atoms with van der Waals surface area (Å²) in [6.07, 6.45) is 2.65. The molecule has 2 aromatic carbocycles. The lowest BCUT2D eigenvalue weighted by atomic mass is 10.2. The summed E-state index contributed by atoms with van der Waals surface area (Å²) in [5.41, 5.74) is 4.25. The van der Waals surface area contributed by atoms with Crippen LogP contribution in [0.4, 0.5) is 0 Å². The average Bonchev–Trinajstić information content (AvgIpc) is 2.63. The molecule has 1 unspecified atom stereocenters. The third-order valence-corrected chi connectivity index (χ3v) is 4.04. The van der Waals surface area contributed by atoms with Crippen LogP contribution in [0.5, 0.6) is 5.75 Å². The molecule has 1 heterocycles. The minimum absolute atomic E-state index is 0.320. The average molecular weight is 398 g/mol. The second-order valence-corrected chi connectivity index (χ2v) is 6.32. The Bertz CT molecular complexity index is 910. The Morgan fingerprint density at radius 2 is 2.04 bits per heavy atom. The van der Waals surface area contributed by atoms with Crippen LogP contribution in [0.15, 0.2) is 70.4 Å². The first-order valence-electron chi connectivity index (χ1n) is 7.72. The standard InChI is InChI=1S/C19H16BrN3O2/c1-13(19(24)23-22-12-14-4-6-16(20)7-5-14)25-17-8-9-18-15(11-17)3-2-10-21-18/h2-13H,1H3,(H,23,24)/b22-12+. The van der Waals surface area contributed by atoms with Gasteiger partial charge >= 0.3 is 0 Å². The van der Waals surface area contributed by atoms with Gasteiger partial charge in [-0.1, -0.05) is 34.1 Å². The molecule has 1 atom stereocenters. The molecule has 0 fully saturated rings. The van der Waals surface area contributed by atoms with Crippen molar-refractivity contribution in [1.29, 1.82) is 0 Å². The highest BCUT2D eigenvalue weighted by Gasteiger charge is 2.14. The summed E-state index contributed by atoms with van der Waals surface area (Å²) < 4.78 is 6.67. The Balaban J connectivity index is 1.58. The van der Waals surface area contributed by atoms with E-state index in [-0.39, 0.29) is 5.91 Å². The normalized spacial score (nSPS) is 12.2. The largest absolute Gasteiger partial charge is 0.481 e. The number of amides is 1. The van der Waals surface area contributed by atoms with E-state index in [9.17, 15) is 4.79 Å². The van der Waals surface area contributed by atoms with Gasteiger partial charge in [0.05, 0.1) is 11.7 Å². The van der Waals surface area contributed by atoms with E-state index >= 15 is 0 Å².